The fraction of sp³-hybridized carbons (Fsp3) is 0.333. The van der Waals surface area contributed by atoms with Gasteiger partial charge in [-0.25, -0.2) is 4.40 Å². The second-order valence-electron chi connectivity index (χ2n) is 10.5. The molecule has 206 valence electrons. The molecule has 2 aromatic carbocycles. The summed E-state index contributed by atoms with van der Waals surface area (Å²) in [5, 5.41) is 13.2. The summed E-state index contributed by atoms with van der Waals surface area (Å²) in [7, 11) is 0. The van der Waals surface area contributed by atoms with Crippen molar-refractivity contribution in [1.82, 2.24) is 19.2 Å². The average molecular weight is 574 g/mol. The molecule has 3 aromatic heterocycles. The number of benzene rings is 2. The Labute approximate surface area is 240 Å². The maximum Gasteiger partial charge on any atom is 0.263 e. The number of hydrogen-bond acceptors (Lipinski definition) is 7. The van der Waals surface area contributed by atoms with Crippen LogP contribution in [0.4, 0.5) is 5.69 Å². The summed E-state index contributed by atoms with van der Waals surface area (Å²) in [4.78, 5) is 28.7. The van der Waals surface area contributed by atoms with Crippen molar-refractivity contribution >= 4 is 50.7 Å². The Morgan fingerprint density at radius 1 is 1.15 bits per heavy atom. The SMILES string of the molecule is Cc1ccc(NC(=O)CSc2nnc3n(CCc4ccccc4)c(=O)c4c5c(sc4n23)CO[C@@H](C(C)C)C5)cc1. The number of carbonyl (C=O) groups excluding carboxylic acids is 1. The Hall–Kier alpha value is -3.47. The molecule has 0 saturated carbocycles. The zero-order chi connectivity index (χ0) is 27.8. The highest BCUT2D eigenvalue weighted by Gasteiger charge is 2.30. The minimum Gasteiger partial charge on any atom is -0.372 e. The van der Waals surface area contributed by atoms with E-state index in [0.717, 1.165) is 37.5 Å². The van der Waals surface area contributed by atoms with Crippen molar-refractivity contribution in [2.24, 2.45) is 5.92 Å². The Kier molecular flexibility index (Phi) is 7.48. The van der Waals surface area contributed by atoms with Crippen LogP contribution in [0, 0.1) is 12.8 Å². The van der Waals surface area contributed by atoms with Gasteiger partial charge in [0, 0.05) is 23.5 Å². The standard InChI is InChI=1S/C30H31N5O3S2/c1-18(2)23-15-22-24(16-38-23)40-28-26(22)27(37)34(14-13-20-7-5-4-6-8-20)29-32-33-30(35(28)29)39-17-25(36)31-21-11-9-19(3)10-12-21/h4-12,18,23H,13-17H2,1-3H3,(H,31,36)/t23-/m1/s1. The number of rotatable bonds is 8. The van der Waals surface area contributed by atoms with E-state index in [1.54, 1.807) is 15.9 Å². The largest absolute Gasteiger partial charge is 0.372 e. The van der Waals surface area contributed by atoms with Crippen molar-refractivity contribution < 1.29 is 9.53 Å². The minimum atomic E-state index is -0.127. The molecule has 4 heterocycles. The van der Waals surface area contributed by atoms with Crippen LogP contribution in [0.2, 0.25) is 0 Å². The van der Waals surface area contributed by atoms with E-state index in [9.17, 15) is 9.59 Å². The summed E-state index contributed by atoms with van der Waals surface area (Å²) in [6.45, 7) is 7.28. The molecule has 40 heavy (non-hydrogen) atoms. The van der Waals surface area contributed by atoms with Crippen molar-refractivity contribution in [1.29, 1.82) is 0 Å². The van der Waals surface area contributed by atoms with E-state index in [4.69, 9.17) is 4.74 Å². The molecule has 1 amide bonds. The lowest BCUT2D eigenvalue weighted by Gasteiger charge is -2.26. The fourth-order valence-electron chi connectivity index (χ4n) is 5.06. The van der Waals surface area contributed by atoms with Gasteiger partial charge in [-0.3, -0.25) is 14.2 Å². The lowest BCUT2D eigenvalue weighted by atomic mass is 9.96. The number of aryl methyl sites for hydroxylation is 3. The second-order valence-corrected chi connectivity index (χ2v) is 12.5. The Balaban J connectivity index is 1.38. The third-order valence-electron chi connectivity index (χ3n) is 7.30. The van der Waals surface area contributed by atoms with Gasteiger partial charge in [0.15, 0.2) is 5.16 Å². The molecular weight excluding hydrogens is 542 g/mol. The molecule has 0 radical (unpaired) electrons. The monoisotopic (exact) mass is 573 g/mol. The third-order valence-corrected chi connectivity index (χ3v) is 9.42. The second kappa shape index (κ2) is 11.2. The van der Waals surface area contributed by atoms with E-state index in [0.29, 0.717) is 42.8 Å². The van der Waals surface area contributed by atoms with Gasteiger partial charge >= 0.3 is 0 Å². The van der Waals surface area contributed by atoms with Gasteiger partial charge in [0.1, 0.15) is 4.83 Å². The molecule has 0 spiro atoms. The first kappa shape index (κ1) is 26.7. The average Bonchev–Trinajstić information content (AvgIpc) is 3.55. The number of hydrogen-bond donors (Lipinski definition) is 1. The summed E-state index contributed by atoms with van der Waals surface area (Å²) in [5.74, 6) is 0.885. The first-order valence-electron chi connectivity index (χ1n) is 13.5. The predicted molar refractivity (Wildman–Crippen MR) is 160 cm³/mol. The zero-order valence-electron chi connectivity index (χ0n) is 22.7. The number of carbonyl (C=O) groups is 1. The zero-order valence-corrected chi connectivity index (χ0v) is 24.3. The van der Waals surface area contributed by atoms with E-state index < -0.39 is 0 Å². The van der Waals surface area contributed by atoms with E-state index in [-0.39, 0.29) is 23.3 Å². The summed E-state index contributed by atoms with van der Waals surface area (Å²) < 4.78 is 9.84. The Morgan fingerprint density at radius 2 is 1.93 bits per heavy atom. The molecule has 5 aromatic rings. The number of aromatic nitrogens is 4. The number of nitrogens with zero attached hydrogens (tertiary/aromatic N) is 4. The number of ether oxygens (including phenoxy) is 1. The molecule has 0 aliphatic carbocycles. The van der Waals surface area contributed by atoms with Crippen LogP contribution >= 0.6 is 23.1 Å². The van der Waals surface area contributed by atoms with E-state index in [2.05, 4.69) is 41.5 Å². The number of amides is 1. The molecule has 0 saturated heterocycles. The predicted octanol–water partition coefficient (Wildman–Crippen LogP) is 5.48. The number of nitrogens with one attached hydrogen (secondary N) is 1. The van der Waals surface area contributed by atoms with Crippen LogP contribution in [0.5, 0.6) is 0 Å². The maximum absolute atomic E-state index is 14.1. The molecule has 1 atom stereocenters. The van der Waals surface area contributed by atoms with E-state index in [1.807, 2.05) is 53.8 Å². The molecule has 0 unspecified atom stereocenters. The lowest BCUT2D eigenvalue weighted by molar-refractivity contribution is -0.113. The van der Waals surface area contributed by atoms with Crippen LogP contribution in [0.25, 0.3) is 16.0 Å². The highest BCUT2D eigenvalue weighted by atomic mass is 32.2. The number of thiophene rings is 1. The summed E-state index contributed by atoms with van der Waals surface area (Å²) >= 11 is 2.89. The van der Waals surface area contributed by atoms with Crippen LogP contribution in [-0.4, -0.2) is 36.9 Å². The van der Waals surface area contributed by atoms with Crippen molar-refractivity contribution in [3.05, 3.63) is 86.5 Å². The van der Waals surface area contributed by atoms with Gasteiger partial charge in [0.05, 0.1) is 23.8 Å². The van der Waals surface area contributed by atoms with E-state index in [1.165, 1.54) is 11.8 Å². The van der Waals surface area contributed by atoms with Gasteiger partial charge in [-0.1, -0.05) is 73.6 Å². The van der Waals surface area contributed by atoms with Gasteiger partial charge in [0.25, 0.3) is 5.56 Å². The number of fused-ring (bicyclic) bond motifs is 5. The first-order chi connectivity index (χ1) is 19.4. The van der Waals surface area contributed by atoms with Crippen molar-refractivity contribution in [2.75, 3.05) is 11.1 Å². The van der Waals surface area contributed by atoms with Crippen LogP contribution in [0.3, 0.4) is 0 Å². The normalized spacial score (nSPS) is 15.2. The number of thioether (sulfide) groups is 1. The molecule has 1 aliphatic heterocycles. The van der Waals surface area contributed by atoms with Gasteiger partial charge < -0.3 is 10.1 Å². The lowest BCUT2D eigenvalue weighted by Crippen LogP contribution is -2.29. The van der Waals surface area contributed by atoms with E-state index >= 15 is 0 Å². The van der Waals surface area contributed by atoms with Crippen molar-refractivity contribution in [3.63, 3.8) is 0 Å². The van der Waals surface area contributed by atoms with Crippen LogP contribution in [0.1, 0.15) is 35.4 Å². The molecule has 8 nitrogen and oxygen atoms in total. The minimum absolute atomic E-state index is 0.0404. The molecule has 1 N–H and O–H groups in total. The third kappa shape index (κ3) is 5.18. The molecule has 0 bridgehead atoms. The summed E-state index contributed by atoms with van der Waals surface area (Å²) in [6, 6.07) is 17.8. The highest BCUT2D eigenvalue weighted by Crippen LogP contribution is 2.37. The van der Waals surface area contributed by atoms with Crippen LogP contribution in [0.15, 0.2) is 64.5 Å². The van der Waals surface area contributed by atoms with Gasteiger partial charge in [-0.15, -0.1) is 21.5 Å². The van der Waals surface area contributed by atoms with Crippen LogP contribution < -0.4 is 10.9 Å². The van der Waals surface area contributed by atoms with Gasteiger partial charge in [-0.2, -0.15) is 0 Å². The maximum atomic E-state index is 14.1. The molecule has 6 rings (SSSR count). The molecular formula is C30H31N5O3S2. The van der Waals surface area contributed by atoms with Gasteiger partial charge in [-0.05, 0) is 42.5 Å². The number of anilines is 1. The smallest absolute Gasteiger partial charge is 0.263 e. The molecule has 10 heteroatoms. The topological polar surface area (TPSA) is 90.5 Å². The quantitative estimate of drug-likeness (QED) is 0.247. The first-order valence-corrected chi connectivity index (χ1v) is 15.3. The van der Waals surface area contributed by atoms with Crippen molar-refractivity contribution in [3.8, 4) is 0 Å². The van der Waals surface area contributed by atoms with Gasteiger partial charge in [0.2, 0.25) is 11.7 Å². The highest BCUT2D eigenvalue weighted by molar-refractivity contribution is 7.99. The summed E-state index contributed by atoms with van der Waals surface area (Å²) in [5.41, 5.74) is 4.07. The Bertz CT molecular complexity index is 1740. The molecule has 1 aliphatic rings. The van der Waals surface area contributed by atoms with Crippen LogP contribution in [-0.2, 0) is 35.5 Å². The Morgan fingerprint density at radius 3 is 2.67 bits per heavy atom. The summed E-state index contributed by atoms with van der Waals surface area (Å²) in [6.07, 6.45) is 1.47. The molecule has 0 fully saturated rings. The van der Waals surface area contributed by atoms with Crippen molar-refractivity contribution in [2.45, 2.75) is 58.0 Å². The fourth-order valence-corrected chi connectivity index (χ4v) is 7.10.